The number of amides is 1. The van der Waals surface area contributed by atoms with Crippen LogP contribution in [0.15, 0.2) is 77.7 Å². The summed E-state index contributed by atoms with van der Waals surface area (Å²) in [5.74, 6) is -1.18. The number of carbonyl (C=O) groups is 2. The molecule has 10 heteroatoms. The van der Waals surface area contributed by atoms with E-state index >= 15 is 0 Å². The van der Waals surface area contributed by atoms with Crippen LogP contribution in [-0.2, 0) is 9.47 Å². The van der Waals surface area contributed by atoms with Gasteiger partial charge in [0.05, 0.1) is 12.2 Å². The van der Waals surface area contributed by atoms with Gasteiger partial charge in [0.25, 0.3) is 5.91 Å². The zero-order valence-corrected chi connectivity index (χ0v) is 17.3. The first-order valence-electron chi connectivity index (χ1n) is 10.1. The minimum absolute atomic E-state index is 0.0133. The van der Waals surface area contributed by atoms with Crippen molar-refractivity contribution in [2.45, 2.75) is 24.5 Å². The molecule has 4 rings (SSSR count). The zero-order valence-electron chi connectivity index (χ0n) is 17.3. The molecule has 3 N–H and O–H groups in total. The van der Waals surface area contributed by atoms with Gasteiger partial charge in [0, 0.05) is 11.8 Å². The lowest BCUT2D eigenvalue weighted by Gasteiger charge is -2.38. The maximum atomic E-state index is 12.7. The number of aliphatic hydroxyl groups excluding tert-OH is 2. The number of carbonyl (C=O) groups excluding carboxylic acids is 2. The Bertz CT molecular complexity index is 1180. The van der Waals surface area contributed by atoms with Crippen molar-refractivity contribution in [3.63, 3.8) is 0 Å². The predicted octanol–water partition coefficient (Wildman–Crippen LogP) is 0.972. The van der Waals surface area contributed by atoms with Crippen molar-refractivity contribution in [2.24, 2.45) is 0 Å². The van der Waals surface area contributed by atoms with Crippen LogP contribution in [0.1, 0.15) is 26.9 Å². The largest absolute Gasteiger partial charge is 0.451 e. The van der Waals surface area contributed by atoms with Gasteiger partial charge in [-0.3, -0.25) is 9.36 Å². The van der Waals surface area contributed by atoms with Crippen LogP contribution in [0.4, 0.5) is 5.82 Å². The molecule has 1 saturated heterocycles. The summed E-state index contributed by atoms with van der Waals surface area (Å²) in [6, 6.07) is 17.9. The van der Waals surface area contributed by atoms with Crippen LogP contribution in [0.3, 0.4) is 0 Å². The fourth-order valence-electron chi connectivity index (χ4n) is 3.36. The highest BCUT2D eigenvalue weighted by Crippen LogP contribution is 2.27. The molecular weight excluding hydrogens is 430 g/mol. The second-order valence-corrected chi connectivity index (χ2v) is 7.34. The average molecular weight is 451 g/mol. The number of benzene rings is 2. The Labute approximate surface area is 188 Å². The van der Waals surface area contributed by atoms with Crippen LogP contribution in [0.2, 0.25) is 0 Å². The molecule has 2 heterocycles. The van der Waals surface area contributed by atoms with E-state index in [9.17, 15) is 24.6 Å². The summed E-state index contributed by atoms with van der Waals surface area (Å²) in [6.07, 6.45) is -4.14. The fraction of sp³-hybridized carbons (Fsp3) is 0.217. The van der Waals surface area contributed by atoms with Gasteiger partial charge in [-0.2, -0.15) is 4.98 Å². The first-order chi connectivity index (χ1) is 15.9. The van der Waals surface area contributed by atoms with E-state index < -0.39 is 42.1 Å². The highest BCUT2D eigenvalue weighted by molar-refractivity contribution is 6.03. The predicted molar refractivity (Wildman–Crippen MR) is 116 cm³/mol. The number of aromatic nitrogens is 2. The molecule has 0 bridgehead atoms. The molecule has 2 aromatic carbocycles. The van der Waals surface area contributed by atoms with Crippen molar-refractivity contribution >= 4 is 17.7 Å². The van der Waals surface area contributed by atoms with Gasteiger partial charge in [0.15, 0.2) is 12.3 Å². The lowest BCUT2D eigenvalue weighted by atomic mass is 10.0. The van der Waals surface area contributed by atoms with Gasteiger partial charge >= 0.3 is 11.7 Å². The van der Waals surface area contributed by atoms with E-state index in [1.807, 2.05) is 0 Å². The average Bonchev–Trinajstić information content (AvgIpc) is 2.84. The summed E-state index contributed by atoms with van der Waals surface area (Å²) in [6.45, 7) is -0.288. The first-order valence-corrected chi connectivity index (χ1v) is 10.1. The van der Waals surface area contributed by atoms with Gasteiger partial charge < -0.3 is 25.0 Å². The minimum Gasteiger partial charge on any atom is -0.451 e. The Morgan fingerprint density at radius 3 is 2.27 bits per heavy atom. The second-order valence-electron chi connectivity index (χ2n) is 7.34. The number of rotatable bonds is 5. The summed E-state index contributed by atoms with van der Waals surface area (Å²) < 4.78 is 11.9. The van der Waals surface area contributed by atoms with Gasteiger partial charge in [-0.1, -0.05) is 36.4 Å². The highest BCUT2D eigenvalue weighted by atomic mass is 16.6. The smallest absolute Gasteiger partial charge is 0.351 e. The summed E-state index contributed by atoms with van der Waals surface area (Å²) in [7, 11) is 0. The molecule has 170 valence electrons. The van der Waals surface area contributed by atoms with Crippen LogP contribution >= 0.6 is 0 Å². The number of anilines is 1. The molecule has 1 unspecified atom stereocenters. The van der Waals surface area contributed by atoms with E-state index in [1.165, 1.54) is 24.4 Å². The van der Waals surface area contributed by atoms with Crippen molar-refractivity contribution in [3.8, 4) is 0 Å². The molecule has 10 nitrogen and oxygen atoms in total. The van der Waals surface area contributed by atoms with E-state index in [2.05, 4.69) is 10.3 Å². The van der Waals surface area contributed by atoms with E-state index in [0.717, 1.165) is 4.57 Å². The van der Waals surface area contributed by atoms with E-state index in [0.29, 0.717) is 5.56 Å². The second kappa shape index (κ2) is 9.74. The SMILES string of the molecule is O=C(Nc1ccn(C2OC[C@@H](O)[C@H](O)[C@@H]2OC(=O)c2ccccc2)c(=O)n1)c1ccccc1. The molecule has 1 aliphatic heterocycles. The van der Waals surface area contributed by atoms with Crippen LogP contribution in [-0.4, -0.2) is 56.6 Å². The molecule has 33 heavy (non-hydrogen) atoms. The van der Waals surface area contributed by atoms with Crippen LogP contribution in [0.5, 0.6) is 0 Å². The number of esters is 1. The Hall–Kier alpha value is -3.86. The van der Waals surface area contributed by atoms with E-state index in [-0.39, 0.29) is 18.0 Å². The van der Waals surface area contributed by atoms with Crippen molar-refractivity contribution in [1.82, 2.24) is 9.55 Å². The topological polar surface area (TPSA) is 140 Å². The monoisotopic (exact) mass is 451 g/mol. The Balaban J connectivity index is 1.56. The molecule has 0 aliphatic carbocycles. The highest BCUT2D eigenvalue weighted by Gasteiger charge is 2.43. The van der Waals surface area contributed by atoms with Gasteiger partial charge in [0.2, 0.25) is 0 Å². The van der Waals surface area contributed by atoms with Crippen LogP contribution in [0, 0.1) is 0 Å². The fourth-order valence-corrected chi connectivity index (χ4v) is 3.36. The molecule has 1 fully saturated rings. The van der Waals surface area contributed by atoms with E-state index in [1.54, 1.807) is 48.5 Å². The van der Waals surface area contributed by atoms with Crippen molar-refractivity contribution < 1.29 is 29.3 Å². The Kier molecular flexibility index (Phi) is 6.59. The zero-order chi connectivity index (χ0) is 23.4. The number of nitrogens with zero attached hydrogens (tertiary/aromatic N) is 2. The van der Waals surface area contributed by atoms with Gasteiger partial charge in [-0.15, -0.1) is 0 Å². The third kappa shape index (κ3) is 4.98. The standard InChI is InChI=1S/C23H21N3O7/c27-16-13-32-21(19(18(16)28)33-22(30)15-9-5-2-6-10-15)26-12-11-17(25-23(26)31)24-20(29)14-7-3-1-4-8-14/h1-12,16,18-19,21,27-28H,13H2,(H,24,25,29,31)/t16-,18+,19+,21?/m1/s1. The number of ether oxygens (including phenoxy) is 2. The van der Waals surface area contributed by atoms with Crippen LogP contribution < -0.4 is 11.0 Å². The molecule has 0 spiro atoms. The number of hydrogen-bond donors (Lipinski definition) is 3. The van der Waals surface area contributed by atoms with Crippen molar-refractivity contribution in [1.29, 1.82) is 0 Å². The van der Waals surface area contributed by atoms with E-state index in [4.69, 9.17) is 9.47 Å². The molecule has 1 aromatic heterocycles. The summed E-state index contributed by atoms with van der Waals surface area (Å²) in [5, 5.41) is 23.0. The first kappa shape index (κ1) is 22.3. The third-order valence-electron chi connectivity index (χ3n) is 5.08. The summed E-state index contributed by atoms with van der Waals surface area (Å²) in [5.41, 5.74) is -0.188. The normalized spacial score (nSPS) is 22.4. The Morgan fingerprint density at radius 2 is 1.64 bits per heavy atom. The number of nitrogens with one attached hydrogen (secondary N) is 1. The lowest BCUT2D eigenvalue weighted by molar-refractivity contribution is -0.212. The third-order valence-corrected chi connectivity index (χ3v) is 5.08. The lowest BCUT2D eigenvalue weighted by Crippen LogP contribution is -2.54. The van der Waals surface area contributed by atoms with Crippen molar-refractivity contribution in [2.75, 3.05) is 11.9 Å². The number of hydrogen-bond acceptors (Lipinski definition) is 8. The molecule has 3 aromatic rings. The summed E-state index contributed by atoms with van der Waals surface area (Å²) in [4.78, 5) is 41.3. The molecule has 0 radical (unpaired) electrons. The quantitative estimate of drug-likeness (QED) is 0.488. The molecule has 4 atom stereocenters. The maximum Gasteiger partial charge on any atom is 0.351 e. The molecule has 0 saturated carbocycles. The Morgan fingerprint density at radius 1 is 1.00 bits per heavy atom. The van der Waals surface area contributed by atoms with Crippen molar-refractivity contribution in [3.05, 3.63) is 94.5 Å². The van der Waals surface area contributed by atoms with Gasteiger partial charge in [0.1, 0.15) is 18.0 Å². The molecule has 1 amide bonds. The van der Waals surface area contributed by atoms with Crippen LogP contribution in [0.25, 0.3) is 0 Å². The maximum absolute atomic E-state index is 12.7. The van der Waals surface area contributed by atoms with Gasteiger partial charge in [-0.25, -0.2) is 9.59 Å². The molecular formula is C23H21N3O7. The summed E-state index contributed by atoms with van der Waals surface area (Å²) >= 11 is 0. The van der Waals surface area contributed by atoms with Gasteiger partial charge in [-0.05, 0) is 30.3 Å². The molecule has 1 aliphatic rings. The minimum atomic E-state index is -1.50. The number of aliphatic hydroxyl groups is 2.